The van der Waals surface area contributed by atoms with Crippen LogP contribution in [0.4, 0.5) is 0 Å². The van der Waals surface area contributed by atoms with Gasteiger partial charge >= 0.3 is 0 Å². The standard InChI is InChI=1S/C10H14ClNO3/c1-3-6-4-8(14-2)10(13)7(5-15-12)9(6)11/h4,13H,3,5,12H2,1-2H3. The first kappa shape index (κ1) is 12.1. The van der Waals surface area contributed by atoms with E-state index < -0.39 is 0 Å². The topological polar surface area (TPSA) is 64.7 Å². The van der Waals surface area contributed by atoms with E-state index >= 15 is 0 Å². The van der Waals surface area contributed by atoms with E-state index in [1.165, 1.54) is 7.11 Å². The monoisotopic (exact) mass is 231 g/mol. The minimum absolute atomic E-state index is 0.0230. The molecule has 5 heteroatoms. The smallest absolute Gasteiger partial charge is 0.164 e. The zero-order valence-electron chi connectivity index (χ0n) is 8.71. The first-order chi connectivity index (χ1) is 7.15. The summed E-state index contributed by atoms with van der Waals surface area (Å²) in [5.74, 6) is 5.33. The molecule has 0 spiro atoms. The van der Waals surface area contributed by atoms with Gasteiger partial charge in [-0.3, -0.25) is 4.84 Å². The van der Waals surface area contributed by atoms with Crippen molar-refractivity contribution in [3.8, 4) is 11.5 Å². The molecular formula is C10H14ClNO3. The minimum atomic E-state index is -0.0230. The van der Waals surface area contributed by atoms with Crippen LogP contribution in [0.15, 0.2) is 6.07 Å². The Morgan fingerprint density at radius 2 is 2.20 bits per heavy atom. The number of hydrogen-bond donors (Lipinski definition) is 2. The Kier molecular flexibility index (Phi) is 4.20. The summed E-state index contributed by atoms with van der Waals surface area (Å²) in [5.41, 5.74) is 1.34. The number of phenolic OH excluding ortho intramolecular Hbond substituents is 1. The van der Waals surface area contributed by atoms with E-state index in [2.05, 4.69) is 4.84 Å². The molecule has 0 saturated heterocycles. The maximum atomic E-state index is 9.78. The normalized spacial score (nSPS) is 10.4. The molecule has 4 nitrogen and oxygen atoms in total. The molecule has 0 bridgehead atoms. The number of aromatic hydroxyl groups is 1. The van der Waals surface area contributed by atoms with Crippen molar-refractivity contribution in [1.29, 1.82) is 0 Å². The lowest BCUT2D eigenvalue weighted by Crippen LogP contribution is -2.02. The van der Waals surface area contributed by atoms with Gasteiger partial charge in [0.05, 0.1) is 18.7 Å². The SMILES string of the molecule is CCc1cc(OC)c(O)c(CON)c1Cl. The molecule has 0 aliphatic rings. The number of halogens is 1. The summed E-state index contributed by atoms with van der Waals surface area (Å²) in [5, 5.41) is 10.2. The summed E-state index contributed by atoms with van der Waals surface area (Å²) in [6.45, 7) is 2.01. The van der Waals surface area contributed by atoms with Crippen molar-refractivity contribution in [2.24, 2.45) is 5.90 Å². The van der Waals surface area contributed by atoms with Gasteiger partial charge in [-0.1, -0.05) is 18.5 Å². The summed E-state index contributed by atoms with van der Waals surface area (Å²) in [7, 11) is 1.48. The van der Waals surface area contributed by atoms with E-state index in [1.807, 2.05) is 6.92 Å². The maximum absolute atomic E-state index is 9.78. The summed E-state index contributed by atoms with van der Waals surface area (Å²) in [6.07, 6.45) is 0.743. The average molecular weight is 232 g/mol. The molecule has 0 aliphatic heterocycles. The summed E-state index contributed by atoms with van der Waals surface area (Å²) in [4.78, 5) is 4.49. The van der Waals surface area contributed by atoms with E-state index in [0.29, 0.717) is 16.3 Å². The highest BCUT2D eigenvalue weighted by Crippen LogP contribution is 2.38. The molecule has 1 rings (SSSR count). The molecule has 15 heavy (non-hydrogen) atoms. The second-order valence-electron chi connectivity index (χ2n) is 3.04. The Morgan fingerprint density at radius 3 is 2.67 bits per heavy atom. The lowest BCUT2D eigenvalue weighted by molar-refractivity contribution is 0.122. The van der Waals surface area contributed by atoms with Crippen LogP contribution in [-0.2, 0) is 17.9 Å². The van der Waals surface area contributed by atoms with E-state index in [4.69, 9.17) is 22.2 Å². The van der Waals surface area contributed by atoms with Crippen molar-refractivity contribution < 1.29 is 14.7 Å². The van der Waals surface area contributed by atoms with Gasteiger partial charge in [-0.25, -0.2) is 5.90 Å². The number of ether oxygens (including phenoxy) is 1. The quantitative estimate of drug-likeness (QED) is 0.778. The van der Waals surface area contributed by atoms with Crippen molar-refractivity contribution in [3.05, 3.63) is 22.2 Å². The fourth-order valence-corrected chi connectivity index (χ4v) is 1.70. The molecule has 1 aromatic rings. The fourth-order valence-electron chi connectivity index (χ4n) is 1.36. The molecule has 0 aromatic heterocycles. The second kappa shape index (κ2) is 5.21. The van der Waals surface area contributed by atoms with Gasteiger partial charge in [0.1, 0.15) is 0 Å². The maximum Gasteiger partial charge on any atom is 0.164 e. The van der Waals surface area contributed by atoms with Crippen molar-refractivity contribution in [3.63, 3.8) is 0 Å². The van der Waals surface area contributed by atoms with Crippen molar-refractivity contribution in [2.45, 2.75) is 20.0 Å². The molecule has 0 radical (unpaired) electrons. The molecule has 0 saturated carbocycles. The van der Waals surface area contributed by atoms with Crippen LogP contribution in [0, 0.1) is 0 Å². The number of phenols is 1. The Morgan fingerprint density at radius 1 is 1.53 bits per heavy atom. The third kappa shape index (κ3) is 2.34. The summed E-state index contributed by atoms with van der Waals surface area (Å²) < 4.78 is 5.02. The third-order valence-corrected chi connectivity index (χ3v) is 2.67. The Labute approximate surface area is 93.5 Å². The van der Waals surface area contributed by atoms with Crippen LogP contribution < -0.4 is 10.6 Å². The van der Waals surface area contributed by atoms with E-state index in [9.17, 15) is 5.11 Å². The van der Waals surface area contributed by atoms with Gasteiger partial charge in [-0.2, -0.15) is 0 Å². The van der Waals surface area contributed by atoms with Crippen LogP contribution in [0.5, 0.6) is 11.5 Å². The van der Waals surface area contributed by atoms with Gasteiger partial charge in [0.15, 0.2) is 11.5 Å². The van der Waals surface area contributed by atoms with Crippen LogP contribution in [0.3, 0.4) is 0 Å². The Balaban J connectivity index is 3.32. The predicted molar refractivity (Wildman–Crippen MR) is 58.0 cm³/mol. The van der Waals surface area contributed by atoms with E-state index in [-0.39, 0.29) is 12.4 Å². The number of hydrogen-bond acceptors (Lipinski definition) is 4. The third-order valence-electron chi connectivity index (χ3n) is 2.20. The van der Waals surface area contributed by atoms with Gasteiger partial charge < -0.3 is 9.84 Å². The highest BCUT2D eigenvalue weighted by molar-refractivity contribution is 6.32. The first-order valence-electron chi connectivity index (χ1n) is 4.54. The average Bonchev–Trinajstić information content (AvgIpc) is 2.25. The minimum Gasteiger partial charge on any atom is -0.504 e. The van der Waals surface area contributed by atoms with Gasteiger partial charge in [0.25, 0.3) is 0 Å². The number of nitrogens with two attached hydrogens (primary N) is 1. The van der Waals surface area contributed by atoms with E-state index in [0.717, 1.165) is 12.0 Å². The Bertz CT molecular complexity index is 327. The first-order valence-corrected chi connectivity index (χ1v) is 4.92. The number of methoxy groups -OCH3 is 1. The number of aryl methyl sites for hydroxylation is 1. The fraction of sp³-hybridized carbons (Fsp3) is 0.400. The molecule has 0 heterocycles. The largest absolute Gasteiger partial charge is 0.504 e. The molecule has 3 N–H and O–H groups in total. The van der Waals surface area contributed by atoms with Gasteiger partial charge in [-0.15, -0.1) is 0 Å². The zero-order valence-corrected chi connectivity index (χ0v) is 9.47. The number of rotatable bonds is 4. The van der Waals surface area contributed by atoms with Crippen LogP contribution in [0.25, 0.3) is 0 Å². The van der Waals surface area contributed by atoms with Crippen LogP contribution in [-0.4, -0.2) is 12.2 Å². The van der Waals surface area contributed by atoms with E-state index in [1.54, 1.807) is 6.07 Å². The lowest BCUT2D eigenvalue weighted by atomic mass is 10.1. The van der Waals surface area contributed by atoms with Crippen LogP contribution >= 0.6 is 11.6 Å². The van der Waals surface area contributed by atoms with Crippen LogP contribution in [0.1, 0.15) is 18.1 Å². The van der Waals surface area contributed by atoms with Gasteiger partial charge in [-0.05, 0) is 18.1 Å². The molecular weight excluding hydrogens is 218 g/mol. The Hall–Kier alpha value is -0.970. The molecule has 0 unspecified atom stereocenters. The van der Waals surface area contributed by atoms with Gasteiger partial charge in [0, 0.05) is 5.56 Å². The van der Waals surface area contributed by atoms with Crippen LogP contribution in [0.2, 0.25) is 5.02 Å². The lowest BCUT2D eigenvalue weighted by Gasteiger charge is -2.13. The molecule has 0 amide bonds. The van der Waals surface area contributed by atoms with Crippen molar-refractivity contribution in [1.82, 2.24) is 0 Å². The highest BCUT2D eigenvalue weighted by atomic mass is 35.5. The highest BCUT2D eigenvalue weighted by Gasteiger charge is 2.16. The predicted octanol–water partition coefficient (Wildman–Crippen LogP) is 2.01. The molecule has 0 aliphatic carbocycles. The molecule has 0 atom stereocenters. The summed E-state index contributed by atoms with van der Waals surface area (Å²) >= 11 is 6.07. The zero-order chi connectivity index (χ0) is 11.4. The van der Waals surface area contributed by atoms with Crippen molar-refractivity contribution in [2.75, 3.05) is 7.11 Å². The molecule has 84 valence electrons. The molecule has 0 fully saturated rings. The van der Waals surface area contributed by atoms with Crippen molar-refractivity contribution >= 4 is 11.6 Å². The molecule has 1 aromatic carbocycles. The summed E-state index contributed by atoms with van der Waals surface area (Å²) in [6, 6.07) is 1.71. The van der Waals surface area contributed by atoms with Gasteiger partial charge in [0.2, 0.25) is 0 Å². The number of benzene rings is 1. The second-order valence-corrected chi connectivity index (χ2v) is 3.42.